The van der Waals surface area contributed by atoms with E-state index in [1.54, 1.807) is 28.4 Å². The molecular weight excluding hydrogens is 270 g/mol. The van der Waals surface area contributed by atoms with Crippen LogP contribution >= 0.6 is 0 Å². The normalized spacial score (nSPS) is 21.7. The first-order valence-electron chi connectivity index (χ1n) is 7.31. The molecule has 1 aromatic carbocycles. The van der Waals surface area contributed by atoms with Gasteiger partial charge in [-0.1, -0.05) is 0 Å². The van der Waals surface area contributed by atoms with Crippen molar-refractivity contribution in [1.82, 2.24) is 0 Å². The van der Waals surface area contributed by atoms with Gasteiger partial charge in [0.25, 0.3) is 0 Å². The van der Waals surface area contributed by atoms with E-state index in [0.717, 1.165) is 24.9 Å². The summed E-state index contributed by atoms with van der Waals surface area (Å²) in [5, 5.41) is 3.55. The Balaban J connectivity index is 2.16. The second kappa shape index (κ2) is 7.41. The SMILES string of the molecule is COc1cc(NC2CCCC(OC)C2)cc(OC)c1OC. The van der Waals surface area contributed by atoms with E-state index in [-0.39, 0.29) is 0 Å². The molecule has 5 heteroatoms. The third-order valence-corrected chi connectivity index (χ3v) is 3.99. The number of benzene rings is 1. The molecule has 1 fully saturated rings. The minimum absolute atomic E-state index is 0.346. The lowest BCUT2D eigenvalue weighted by Crippen LogP contribution is -2.31. The second-order valence-electron chi connectivity index (χ2n) is 5.28. The molecule has 21 heavy (non-hydrogen) atoms. The van der Waals surface area contributed by atoms with Crippen LogP contribution in [0.4, 0.5) is 5.69 Å². The summed E-state index contributed by atoms with van der Waals surface area (Å²) in [5.74, 6) is 1.95. The molecule has 2 rings (SSSR count). The maximum atomic E-state index is 5.48. The quantitative estimate of drug-likeness (QED) is 0.874. The van der Waals surface area contributed by atoms with Crippen molar-refractivity contribution in [2.24, 2.45) is 0 Å². The van der Waals surface area contributed by atoms with Gasteiger partial charge in [-0.05, 0) is 25.7 Å². The van der Waals surface area contributed by atoms with Crippen LogP contribution in [0.2, 0.25) is 0 Å². The Kier molecular flexibility index (Phi) is 5.56. The Hall–Kier alpha value is -1.62. The fraction of sp³-hybridized carbons (Fsp3) is 0.625. The van der Waals surface area contributed by atoms with Crippen molar-refractivity contribution in [2.45, 2.75) is 37.8 Å². The molecule has 5 nitrogen and oxygen atoms in total. The molecule has 1 aliphatic carbocycles. The monoisotopic (exact) mass is 295 g/mol. The summed E-state index contributed by atoms with van der Waals surface area (Å²) in [5.41, 5.74) is 0.978. The smallest absolute Gasteiger partial charge is 0.203 e. The largest absolute Gasteiger partial charge is 0.493 e. The second-order valence-corrected chi connectivity index (χ2v) is 5.28. The standard InChI is InChI=1S/C16H25NO4/c1-18-13-7-5-6-11(8-13)17-12-9-14(19-2)16(21-4)15(10-12)20-3/h9-11,13,17H,5-8H2,1-4H3. The van der Waals surface area contributed by atoms with Gasteiger partial charge < -0.3 is 24.3 Å². The zero-order valence-corrected chi connectivity index (χ0v) is 13.3. The van der Waals surface area contributed by atoms with Gasteiger partial charge in [0.2, 0.25) is 5.75 Å². The van der Waals surface area contributed by atoms with E-state index in [9.17, 15) is 0 Å². The topological polar surface area (TPSA) is 49.0 Å². The van der Waals surface area contributed by atoms with Gasteiger partial charge in [-0.25, -0.2) is 0 Å². The van der Waals surface area contributed by atoms with Crippen LogP contribution in [0, 0.1) is 0 Å². The molecule has 0 spiro atoms. The van der Waals surface area contributed by atoms with E-state index < -0.39 is 0 Å². The summed E-state index contributed by atoms with van der Waals surface area (Å²) in [6.45, 7) is 0. The average Bonchev–Trinajstić information content (AvgIpc) is 2.53. The Morgan fingerprint density at radius 2 is 1.62 bits per heavy atom. The molecule has 1 N–H and O–H groups in total. The highest BCUT2D eigenvalue weighted by molar-refractivity contribution is 5.62. The highest BCUT2D eigenvalue weighted by Crippen LogP contribution is 2.40. The lowest BCUT2D eigenvalue weighted by atomic mass is 9.92. The molecule has 0 aliphatic heterocycles. The Bertz CT molecular complexity index is 439. The van der Waals surface area contributed by atoms with E-state index in [4.69, 9.17) is 18.9 Å². The molecule has 0 amide bonds. The minimum Gasteiger partial charge on any atom is -0.493 e. The predicted octanol–water partition coefficient (Wildman–Crippen LogP) is 3.08. The maximum absolute atomic E-state index is 5.48. The number of rotatable bonds is 6. The van der Waals surface area contributed by atoms with Gasteiger partial charge >= 0.3 is 0 Å². The van der Waals surface area contributed by atoms with Crippen LogP contribution in [-0.4, -0.2) is 40.6 Å². The third-order valence-electron chi connectivity index (χ3n) is 3.99. The molecule has 0 heterocycles. The average molecular weight is 295 g/mol. The van der Waals surface area contributed by atoms with Crippen LogP contribution in [0.1, 0.15) is 25.7 Å². The van der Waals surface area contributed by atoms with Gasteiger partial charge in [0.15, 0.2) is 11.5 Å². The van der Waals surface area contributed by atoms with E-state index in [1.807, 2.05) is 12.1 Å². The zero-order chi connectivity index (χ0) is 15.2. The Labute approximate surface area is 126 Å². The lowest BCUT2D eigenvalue weighted by Gasteiger charge is -2.29. The summed E-state index contributed by atoms with van der Waals surface area (Å²) >= 11 is 0. The van der Waals surface area contributed by atoms with Gasteiger partial charge in [-0.3, -0.25) is 0 Å². The number of methoxy groups -OCH3 is 4. The number of hydrogen-bond donors (Lipinski definition) is 1. The summed E-state index contributed by atoms with van der Waals surface area (Å²) in [7, 11) is 6.65. The van der Waals surface area contributed by atoms with Gasteiger partial charge in [0.1, 0.15) is 0 Å². The van der Waals surface area contributed by atoms with Gasteiger partial charge in [-0.15, -0.1) is 0 Å². The van der Waals surface area contributed by atoms with Crippen molar-refractivity contribution in [1.29, 1.82) is 0 Å². The fourth-order valence-electron chi connectivity index (χ4n) is 2.89. The molecular formula is C16H25NO4. The van der Waals surface area contributed by atoms with Crippen LogP contribution in [0.25, 0.3) is 0 Å². The molecule has 2 atom stereocenters. The summed E-state index contributed by atoms with van der Waals surface area (Å²) < 4.78 is 21.6. The summed E-state index contributed by atoms with van der Waals surface area (Å²) in [6, 6.07) is 4.29. The van der Waals surface area contributed by atoms with E-state index in [0.29, 0.717) is 29.4 Å². The van der Waals surface area contributed by atoms with Gasteiger partial charge in [0.05, 0.1) is 27.4 Å². The predicted molar refractivity (Wildman–Crippen MR) is 82.8 cm³/mol. The van der Waals surface area contributed by atoms with Crippen LogP contribution in [0.15, 0.2) is 12.1 Å². The highest BCUT2D eigenvalue weighted by atomic mass is 16.5. The molecule has 0 radical (unpaired) electrons. The first-order valence-corrected chi connectivity index (χ1v) is 7.31. The molecule has 0 saturated heterocycles. The molecule has 0 aromatic heterocycles. The van der Waals surface area contributed by atoms with Crippen molar-refractivity contribution < 1.29 is 18.9 Å². The number of hydrogen-bond acceptors (Lipinski definition) is 5. The van der Waals surface area contributed by atoms with Gasteiger partial charge in [-0.2, -0.15) is 0 Å². The number of anilines is 1. The molecule has 1 aliphatic rings. The van der Waals surface area contributed by atoms with E-state index in [1.165, 1.54) is 6.42 Å². The third kappa shape index (κ3) is 3.73. The fourth-order valence-corrected chi connectivity index (χ4v) is 2.89. The van der Waals surface area contributed by atoms with E-state index in [2.05, 4.69) is 5.32 Å². The minimum atomic E-state index is 0.346. The first kappa shape index (κ1) is 15.8. The first-order chi connectivity index (χ1) is 10.2. The van der Waals surface area contributed by atoms with Crippen LogP contribution < -0.4 is 19.5 Å². The van der Waals surface area contributed by atoms with Crippen molar-refractivity contribution >= 4 is 5.69 Å². The van der Waals surface area contributed by atoms with E-state index >= 15 is 0 Å². The number of ether oxygens (including phenoxy) is 4. The molecule has 2 unspecified atom stereocenters. The van der Waals surface area contributed by atoms with Crippen molar-refractivity contribution in [3.63, 3.8) is 0 Å². The zero-order valence-electron chi connectivity index (χ0n) is 13.3. The van der Waals surface area contributed by atoms with Crippen molar-refractivity contribution in [3.8, 4) is 17.2 Å². The molecule has 118 valence electrons. The maximum Gasteiger partial charge on any atom is 0.203 e. The van der Waals surface area contributed by atoms with Crippen LogP contribution in [0.5, 0.6) is 17.2 Å². The lowest BCUT2D eigenvalue weighted by molar-refractivity contribution is 0.0669. The highest BCUT2D eigenvalue weighted by Gasteiger charge is 2.22. The molecule has 0 bridgehead atoms. The number of nitrogens with one attached hydrogen (secondary N) is 1. The Morgan fingerprint density at radius 1 is 0.952 bits per heavy atom. The van der Waals surface area contributed by atoms with Gasteiger partial charge in [0, 0.05) is 31.0 Å². The van der Waals surface area contributed by atoms with Crippen molar-refractivity contribution in [3.05, 3.63) is 12.1 Å². The summed E-state index contributed by atoms with van der Waals surface area (Å²) in [4.78, 5) is 0. The molecule has 1 saturated carbocycles. The van der Waals surface area contributed by atoms with Crippen molar-refractivity contribution in [2.75, 3.05) is 33.8 Å². The Morgan fingerprint density at radius 3 is 2.14 bits per heavy atom. The molecule has 1 aromatic rings. The van der Waals surface area contributed by atoms with Crippen LogP contribution in [0.3, 0.4) is 0 Å². The summed E-state index contributed by atoms with van der Waals surface area (Å²) in [6.07, 6.45) is 4.84. The van der Waals surface area contributed by atoms with Crippen LogP contribution in [-0.2, 0) is 4.74 Å².